The Kier molecular flexibility index (Phi) is 4.41. The van der Waals surface area contributed by atoms with Crippen LogP contribution in [0.15, 0.2) is 51.8 Å². The first-order valence-corrected chi connectivity index (χ1v) is 12.1. The molecule has 6 heteroatoms. The van der Waals surface area contributed by atoms with E-state index in [2.05, 4.69) is 26.9 Å². The van der Waals surface area contributed by atoms with Crippen LogP contribution < -0.4 is 0 Å². The van der Waals surface area contributed by atoms with Gasteiger partial charge in [0.15, 0.2) is 0 Å². The zero-order valence-corrected chi connectivity index (χ0v) is 18.3. The van der Waals surface area contributed by atoms with Crippen LogP contribution in [0.3, 0.4) is 0 Å². The minimum absolute atomic E-state index is 0.351. The van der Waals surface area contributed by atoms with Gasteiger partial charge in [0.05, 0.1) is 10.4 Å². The van der Waals surface area contributed by atoms with Gasteiger partial charge in [0.25, 0.3) is 10.0 Å². The Hall–Kier alpha value is -1.63. The molecule has 0 N–H and O–H groups in total. The zero-order chi connectivity index (χ0) is 19.5. The molecule has 0 radical (unpaired) electrons. The Morgan fingerprint density at radius 1 is 1.07 bits per heavy atom. The second-order valence-electron chi connectivity index (χ2n) is 7.99. The van der Waals surface area contributed by atoms with Crippen LogP contribution in [0.1, 0.15) is 36.1 Å². The third kappa shape index (κ3) is 2.85. The van der Waals surface area contributed by atoms with Gasteiger partial charge in [0, 0.05) is 34.6 Å². The summed E-state index contributed by atoms with van der Waals surface area (Å²) in [5.74, 6) is 0. The lowest BCUT2D eigenvalue weighted by atomic mass is 9.91. The normalized spacial score (nSPS) is 20.1. The van der Waals surface area contributed by atoms with Gasteiger partial charge < -0.3 is 0 Å². The first kappa shape index (κ1) is 18.4. The Balaban J connectivity index is 1.77. The SMILES string of the molecule is Cc1ccc(S(=O)(=O)n2c3c(c4ccc(Br)cc42)CN2CCCCC2C3)cc1. The van der Waals surface area contributed by atoms with E-state index < -0.39 is 10.0 Å². The predicted octanol–water partition coefficient (Wildman–Crippen LogP) is 4.86. The highest BCUT2D eigenvalue weighted by atomic mass is 79.9. The molecule has 28 heavy (non-hydrogen) atoms. The number of rotatable bonds is 2. The van der Waals surface area contributed by atoms with Crippen molar-refractivity contribution in [1.82, 2.24) is 8.87 Å². The largest absolute Gasteiger partial charge is 0.296 e. The van der Waals surface area contributed by atoms with Crippen molar-refractivity contribution in [1.29, 1.82) is 0 Å². The maximum Gasteiger partial charge on any atom is 0.268 e. The first-order chi connectivity index (χ1) is 13.4. The van der Waals surface area contributed by atoms with Crippen LogP contribution in [0.4, 0.5) is 0 Å². The first-order valence-electron chi connectivity index (χ1n) is 9.83. The molecule has 1 fully saturated rings. The van der Waals surface area contributed by atoms with Crippen molar-refractivity contribution in [3.8, 4) is 0 Å². The number of hydrogen-bond donors (Lipinski definition) is 0. The number of nitrogens with zero attached hydrogens (tertiary/aromatic N) is 2. The van der Waals surface area contributed by atoms with Crippen LogP contribution in [0, 0.1) is 6.92 Å². The van der Waals surface area contributed by atoms with Crippen LogP contribution >= 0.6 is 15.9 Å². The number of hydrogen-bond acceptors (Lipinski definition) is 3. The number of aromatic nitrogens is 1. The third-order valence-corrected chi connectivity index (χ3v) is 8.45. The van der Waals surface area contributed by atoms with Gasteiger partial charge in [-0.2, -0.15) is 0 Å². The molecular weight excluding hydrogens is 436 g/mol. The van der Waals surface area contributed by atoms with Gasteiger partial charge in [-0.25, -0.2) is 12.4 Å². The van der Waals surface area contributed by atoms with Gasteiger partial charge >= 0.3 is 0 Å². The Labute approximate surface area is 174 Å². The maximum absolute atomic E-state index is 13.7. The molecule has 4 nitrogen and oxygen atoms in total. The molecule has 2 aliphatic rings. The second kappa shape index (κ2) is 6.71. The van der Waals surface area contributed by atoms with Gasteiger partial charge in [0.1, 0.15) is 0 Å². The number of fused-ring (bicyclic) bond motifs is 4. The summed E-state index contributed by atoms with van der Waals surface area (Å²) >= 11 is 3.53. The van der Waals surface area contributed by atoms with E-state index in [4.69, 9.17) is 0 Å². The highest BCUT2D eigenvalue weighted by molar-refractivity contribution is 9.10. The van der Waals surface area contributed by atoms with E-state index in [0.29, 0.717) is 10.9 Å². The minimum atomic E-state index is -3.66. The van der Waals surface area contributed by atoms with E-state index in [1.54, 1.807) is 16.1 Å². The Morgan fingerprint density at radius 2 is 1.86 bits per heavy atom. The quantitative estimate of drug-likeness (QED) is 0.550. The van der Waals surface area contributed by atoms with E-state index in [9.17, 15) is 8.42 Å². The van der Waals surface area contributed by atoms with Crippen molar-refractivity contribution < 1.29 is 8.42 Å². The molecule has 0 saturated carbocycles. The molecule has 3 heterocycles. The molecule has 0 bridgehead atoms. The highest BCUT2D eigenvalue weighted by Crippen LogP contribution is 2.38. The van der Waals surface area contributed by atoms with Crippen LogP contribution in [-0.2, 0) is 23.0 Å². The fraction of sp³-hybridized carbons (Fsp3) is 0.364. The van der Waals surface area contributed by atoms with Crippen molar-refractivity contribution >= 4 is 36.9 Å². The van der Waals surface area contributed by atoms with Gasteiger partial charge in [-0.3, -0.25) is 4.90 Å². The van der Waals surface area contributed by atoms with Gasteiger partial charge in [-0.1, -0.05) is 46.1 Å². The fourth-order valence-corrected chi connectivity index (χ4v) is 6.67. The average Bonchev–Trinajstić information content (AvgIpc) is 2.99. The molecule has 1 atom stereocenters. The van der Waals surface area contributed by atoms with Gasteiger partial charge in [0.2, 0.25) is 0 Å². The topological polar surface area (TPSA) is 42.3 Å². The number of aryl methyl sites for hydroxylation is 1. The number of piperidine rings is 1. The van der Waals surface area contributed by atoms with Crippen LogP contribution in [0.5, 0.6) is 0 Å². The van der Waals surface area contributed by atoms with Crippen molar-refractivity contribution in [2.45, 2.75) is 50.1 Å². The van der Waals surface area contributed by atoms with E-state index in [1.165, 1.54) is 18.4 Å². The summed E-state index contributed by atoms with van der Waals surface area (Å²) in [7, 11) is -3.66. The molecule has 5 rings (SSSR count). The molecule has 0 aliphatic carbocycles. The fourth-order valence-electron chi connectivity index (χ4n) is 4.75. The van der Waals surface area contributed by atoms with Crippen molar-refractivity contribution in [2.24, 2.45) is 0 Å². The van der Waals surface area contributed by atoms with Crippen molar-refractivity contribution in [3.05, 3.63) is 63.8 Å². The lowest BCUT2D eigenvalue weighted by molar-refractivity contribution is 0.127. The van der Waals surface area contributed by atoms with E-state index in [-0.39, 0.29) is 0 Å². The number of benzene rings is 2. The molecule has 146 valence electrons. The highest BCUT2D eigenvalue weighted by Gasteiger charge is 2.35. The third-order valence-electron chi connectivity index (χ3n) is 6.20. The predicted molar refractivity (Wildman–Crippen MR) is 115 cm³/mol. The molecule has 1 aromatic heterocycles. The summed E-state index contributed by atoms with van der Waals surface area (Å²) in [5.41, 5.74) is 3.98. The summed E-state index contributed by atoms with van der Waals surface area (Å²) in [6.07, 6.45) is 4.41. The lowest BCUT2D eigenvalue weighted by Gasteiger charge is -2.39. The summed E-state index contributed by atoms with van der Waals surface area (Å²) in [6, 6.07) is 13.6. The maximum atomic E-state index is 13.7. The Bertz CT molecular complexity index is 1170. The van der Waals surface area contributed by atoms with E-state index in [1.807, 2.05) is 31.2 Å². The van der Waals surface area contributed by atoms with E-state index >= 15 is 0 Å². The summed E-state index contributed by atoms with van der Waals surface area (Å²) in [5, 5.41) is 1.05. The molecule has 0 amide bonds. The van der Waals surface area contributed by atoms with Gasteiger partial charge in [-0.15, -0.1) is 0 Å². The smallest absolute Gasteiger partial charge is 0.268 e. The van der Waals surface area contributed by atoms with Crippen molar-refractivity contribution in [3.63, 3.8) is 0 Å². The van der Waals surface area contributed by atoms with E-state index in [0.717, 1.165) is 52.6 Å². The lowest BCUT2D eigenvalue weighted by Crippen LogP contribution is -2.44. The summed E-state index contributed by atoms with van der Waals surface area (Å²) < 4.78 is 29.9. The molecule has 2 aromatic carbocycles. The zero-order valence-electron chi connectivity index (χ0n) is 15.9. The number of halogens is 1. The Morgan fingerprint density at radius 3 is 2.64 bits per heavy atom. The van der Waals surface area contributed by atoms with Crippen LogP contribution in [0.2, 0.25) is 0 Å². The summed E-state index contributed by atoms with van der Waals surface area (Å²) in [6.45, 7) is 3.92. The second-order valence-corrected chi connectivity index (χ2v) is 10.7. The van der Waals surface area contributed by atoms with Crippen LogP contribution in [0.25, 0.3) is 10.9 Å². The minimum Gasteiger partial charge on any atom is -0.296 e. The van der Waals surface area contributed by atoms with Crippen LogP contribution in [-0.4, -0.2) is 29.9 Å². The molecule has 0 spiro atoms. The standard InChI is InChI=1S/C22H23BrN2O2S/c1-15-5-8-18(9-6-15)28(26,27)25-21-12-16(23)7-10-19(21)20-14-24-11-3-2-4-17(24)13-22(20)25/h5-10,12,17H,2-4,11,13-14H2,1H3. The molecule has 2 aliphatic heterocycles. The van der Waals surface area contributed by atoms with Gasteiger partial charge in [-0.05, 0) is 56.1 Å². The monoisotopic (exact) mass is 458 g/mol. The molecular formula is C22H23BrN2O2S. The average molecular weight is 459 g/mol. The molecule has 1 unspecified atom stereocenters. The molecule has 1 saturated heterocycles. The molecule has 3 aromatic rings. The summed E-state index contributed by atoms with van der Waals surface area (Å²) in [4.78, 5) is 2.89. The van der Waals surface area contributed by atoms with Crippen molar-refractivity contribution in [2.75, 3.05) is 6.54 Å².